The standard InChI is InChI=1S/C17H14F3N3O3S/c1-27(24,25)13-6-7-15-14(8-13)16(22-10-21-15)23-11-2-4-12(5-3-11)26-9-17(18,19)20/h2-8,10H,9H2,1H3,(H,21,22,23). The summed E-state index contributed by atoms with van der Waals surface area (Å²) in [5.41, 5.74) is 1.09. The van der Waals surface area contributed by atoms with E-state index in [0.717, 1.165) is 6.26 Å². The Hall–Kier alpha value is -2.88. The monoisotopic (exact) mass is 397 g/mol. The Morgan fingerprint density at radius 3 is 2.41 bits per heavy atom. The molecule has 0 fully saturated rings. The smallest absolute Gasteiger partial charge is 0.422 e. The van der Waals surface area contributed by atoms with Crippen LogP contribution >= 0.6 is 0 Å². The summed E-state index contributed by atoms with van der Waals surface area (Å²) in [6.07, 6.45) is -1.98. The highest BCUT2D eigenvalue weighted by Crippen LogP contribution is 2.27. The molecule has 0 spiro atoms. The van der Waals surface area contributed by atoms with E-state index in [4.69, 9.17) is 0 Å². The predicted molar refractivity (Wildman–Crippen MR) is 93.9 cm³/mol. The number of alkyl halides is 3. The predicted octanol–water partition coefficient (Wildman–Crippen LogP) is 3.72. The highest BCUT2D eigenvalue weighted by atomic mass is 32.2. The largest absolute Gasteiger partial charge is 0.484 e. The highest BCUT2D eigenvalue weighted by molar-refractivity contribution is 7.90. The maximum atomic E-state index is 12.2. The lowest BCUT2D eigenvalue weighted by Crippen LogP contribution is -2.19. The summed E-state index contributed by atoms with van der Waals surface area (Å²) in [5, 5.41) is 3.50. The molecule has 0 saturated carbocycles. The molecular weight excluding hydrogens is 383 g/mol. The van der Waals surface area contributed by atoms with Crippen molar-refractivity contribution >= 4 is 32.2 Å². The third-order valence-corrected chi connectivity index (χ3v) is 4.66. The van der Waals surface area contributed by atoms with Crippen molar-refractivity contribution in [3.05, 3.63) is 48.8 Å². The van der Waals surface area contributed by atoms with Crippen molar-refractivity contribution < 1.29 is 26.3 Å². The first kappa shape index (κ1) is 18.9. The Bertz CT molecular complexity index is 1070. The number of fused-ring (bicyclic) bond motifs is 1. The SMILES string of the molecule is CS(=O)(=O)c1ccc2ncnc(Nc3ccc(OCC(F)(F)F)cc3)c2c1. The first-order valence-electron chi connectivity index (χ1n) is 7.63. The van der Waals surface area contributed by atoms with E-state index in [2.05, 4.69) is 20.0 Å². The number of nitrogens with zero attached hydrogens (tertiary/aromatic N) is 2. The van der Waals surface area contributed by atoms with Gasteiger partial charge in [-0.05, 0) is 42.5 Å². The molecule has 1 N–H and O–H groups in total. The van der Waals surface area contributed by atoms with E-state index in [1.165, 1.54) is 42.7 Å². The van der Waals surface area contributed by atoms with E-state index >= 15 is 0 Å². The van der Waals surface area contributed by atoms with E-state index in [9.17, 15) is 21.6 Å². The number of hydrogen-bond donors (Lipinski definition) is 1. The molecule has 2 aromatic carbocycles. The Kier molecular flexibility index (Phi) is 4.92. The minimum atomic E-state index is -4.41. The first-order chi connectivity index (χ1) is 12.6. The van der Waals surface area contributed by atoms with Crippen LogP contribution in [-0.2, 0) is 9.84 Å². The Labute approximate surface area is 152 Å². The second-order valence-corrected chi connectivity index (χ2v) is 7.74. The van der Waals surface area contributed by atoms with Crippen LogP contribution in [0.1, 0.15) is 0 Å². The Balaban J connectivity index is 1.86. The second-order valence-electron chi connectivity index (χ2n) is 5.73. The van der Waals surface area contributed by atoms with E-state index < -0.39 is 22.6 Å². The molecule has 0 amide bonds. The molecule has 0 bridgehead atoms. The lowest BCUT2D eigenvalue weighted by Gasteiger charge is -2.11. The van der Waals surface area contributed by atoms with Crippen LogP contribution in [0, 0.1) is 0 Å². The van der Waals surface area contributed by atoms with Gasteiger partial charge in [0.2, 0.25) is 0 Å². The lowest BCUT2D eigenvalue weighted by atomic mass is 10.2. The highest BCUT2D eigenvalue weighted by Gasteiger charge is 2.28. The van der Waals surface area contributed by atoms with Gasteiger partial charge in [0.05, 0.1) is 10.4 Å². The van der Waals surface area contributed by atoms with Crippen molar-refractivity contribution in [2.45, 2.75) is 11.1 Å². The summed E-state index contributed by atoms with van der Waals surface area (Å²) in [5.74, 6) is 0.444. The van der Waals surface area contributed by atoms with Gasteiger partial charge < -0.3 is 10.1 Å². The fourth-order valence-electron chi connectivity index (χ4n) is 2.30. The minimum absolute atomic E-state index is 0.0739. The van der Waals surface area contributed by atoms with Gasteiger partial charge in [-0.15, -0.1) is 0 Å². The molecule has 3 aromatic rings. The topological polar surface area (TPSA) is 81.2 Å². The zero-order valence-electron chi connectivity index (χ0n) is 14.0. The van der Waals surface area contributed by atoms with Crippen LogP contribution in [0.25, 0.3) is 10.9 Å². The molecule has 0 unspecified atom stereocenters. The lowest BCUT2D eigenvalue weighted by molar-refractivity contribution is -0.153. The number of benzene rings is 2. The molecule has 1 heterocycles. The van der Waals surface area contributed by atoms with Crippen LogP contribution in [0.2, 0.25) is 0 Å². The molecule has 0 aliphatic heterocycles. The fraction of sp³-hybridized carbons (Fsp3) is 0.176. The van der Waals surface area contributed by atoms with Gasteiger partial charge >= 0.3 is 6.18 Å². The number of aromatic nitrogens is 2. The van der Waals surface area contributed by atoms with Gasteiger partial charge in [-0.3, -0.25) is 0 Å². The van der Waals surface area contributed by atoms with Crippen LogP contribution < -0.4 is 10.1 Å². The van der Waals surface area contributed by atoms with Gasteiger partial charge in [0, 0.05) is 17.3 Å². The van der Waals surface area contributed by atoms with Crippen LogP contribution in [-0.4, -0.2) is 37.4 Å². The third kappa shape index (κ3) is 4.85. The van der Waals surface area contributed by atoms with Crippen molar-refractivity contribution in [1.82, 2.24) is 9.97 Å². The number of rotatable bonds is 5. The Morgan fingerprint density at radius 2 is 1.78 bits per heavy atom. The van der Waals surface area contributed by atoms with Gasteiger partial charge in [0.1, 0.15) is 17.9 Å². The number of halogens is 3. The van der Waals surface area contributed by atoms with E-state index in [0.29, 0.717) is 22.4 Å². The summed E-state index contributed by atoms with van der Waals surface area (Å²) >= 11 is 0. The molecule has 1 aromatic heterocycles. The van der Waals surface area contributed by atoms with Crippen molar-refractivity contribution in [1.29, 1.82) is 0 Å². The van der Waals surface area contributed by atoms with Crippen molar-refractivity contribution in [3.8, 4) is 5.75 Å². The van der Waals surface area contributed by atoms with Crippen LogP contribution in [0.5, 0.6) is 5.75 Å². The maximum absolute atomic E-state index is 12.2. The molecule has 0 aliphatic rings. The zero-order chi connectivity index (χ0) is 19.7. The molecule has 27 heavy (non-hydrogen) atoms. The van der Waals surface area contributed by atoms with Gasteiger partial charge in [0.15, 0.2) is 16.4 Å². The van der Waals surface area contributed by atoms with Crippen molar-refractivity contribution in [2.24, 2.45) is 0 Å². The minimum Gasteiger partial charge on any atom is -0.484 e. The number of hydrogen-bond acceptors (Lipinski definition) is 6. The van der Waals surface area contributed by atoms with E-state index in [1.807, 2.05) is 0 Å². The summed E-state index contributed by atoms with van der Waals surface area (Å²) < 4.78 is 64.7. The quantitative estimate of drug-likeness (QED) is 0.707. The molecule has 0 radical (unpaired) electrons. The van der Waals surface area contributed by atoms with Crippen molar-refractivity contribution in [2.75, 3.05) is 18.2 Å². The van der Waals surface area contributed by atoms with Crippen LogP contribution in [0.3, 0.4) is 0 Å². The summed E-state index contributed by atoms with van der Waals surface area (Å²) in [7, 11) is -3.40. The van der Waals surface area contributed by atoms with E-state index in [1.54, 1.807) is 6.07 Å². The summed E-state index contributed by atoms with van der Waals surface area (Å²) in [6, 6.07) is 10.3. The van der Waals surface area contributed by atoms with Gasteiger partial charge in [-0.2, -0.15) is 13.2 Å². The maximum Gasteiger partial charge on any atom is 0.422 e. The molecule has 6 nitrogen and oxygen atoms in total. The number of sulfone groups is 1. The molecule has 10 heteroatoms. The number of anilines is 2. The molecular formula is C17H14F3N3O3S. The Morgan fingerprint density at radius 1 is 1.07 bits per heavy atom. The molecule has 142 valence electrons. The van der Waals surface area contributed by atoms with Gasteiger partial charge in [-0.25, -0.2) is 18.4 Å². The van der Waals surface area contributed by atoms with Gasteiger partial charge in [0.25, 0.3) is 0 Å². The second kappa shape index (κ2) is 7.03. The molecule has 0 saturated heterocycles. The third-order valence-electron chi connectivity index (χ3n) is 3.55. The zero-order valence-corrected chi connectivity index (χ0v) is 14.8. The van der Waals surface area contributed by atoms with Crippen molar-refractivity contribution in [3.63, 3.8) is 0 Å². The van der Waals surface area contributed by atoms with Crippen LogP contribution in [0.4, 0.5) is 24.7 Å². The van der Waals surface area contributed by atoms with Crippen LogP contribution in [0.15, 0.2) is 53.7 Å². The number of nitrogens with one attached hydrogen (secondary N) is 1. The molecule has 3 rings (SSSR count). The average Bonchev–Trinajstić information content (AvgIpc) is 2.59. The molecule has 0 aliphatic carbocycles. The normalized spacial score (nSPS) is 12.1. The van der Waals surface area contributed by atoms with Gasteiger partial charge in [-0.1, -0.05) is 0 Å². The fourth-order valence-corrected chi connectivity index (χ4v) is 2.95. The number of ether oxygens (including phenoxy) is 1. The average molecular weight is 397 g/mol. The first-order valence-corrected chi connectivity index (χ1v) is 9.52. The summed E-state index contributed by atoms with van der Waals surface area (Å²) in [6.45, 7) is -1.37. The summed E-state index contributed by atoms with van der Waals surface area (Å²) in [4.78, 5) is 8.34. The van der Waals surface area contributed by atoms with E-state index in [-0.39, 0.29) is 10.6 Å². The molecule has 0 atom stereocenters.